The summed E-state index contributed by atoms with van der Waals surface area (Å²) in [5.74, 6) is 2.30. The molecule has 0 bridgehead atoms. The molecular formula is C23H29N7O4. The van der Waals surface area contributed by atoms with Crippen LogP contribution in [0, 0.1) is 6.92 Å². The van der Waals surface area contributed by atoms with Crippen molar-refractivity contribution in [1.82, 2.24) is 30.8 Å². The number of hydrogen-bond acceptors (Lipinski definition) is 9. The summed E-state index contributed by atoms with van der Waals surface area (Å²) in [6.07, 6.45) is 3.51. The van der Waals surface area contributed by atoms with Gasteiger partial charge in [-0.3, -0.25) is 9.89 Å². The number of H-pyrrole nitrogens is 1. The average Bonchev–Trinajstić information content (AvgIpc) is 3.26. The van der Waals surface area contributed by atoms with E-state index in [0.717, 1.165) is 11.3 Å². The number of carbonyl (C=O) groups is 1. The Kier molecular flexibility index (Phi) is 8.95. The normalized spacial score (nSPS) is 10.9. The summed E-state index contributed by atoms with van der Waals surface area (Å²) in [5, 5.41) is 24.7. The van der Waals surface area contributed by atoms with Gasteiger partial charge in [0.05, 0.1) is 20.8 Å². The van der Waals surface area contributed by atoms with Crippen molar-refractivity contribution in [3.05, 3.63) is 53.1 Å². The first kappa shape index (κ1) is 24.7. The van der Waals surface area contributed by atoms with Gasteiger partial charge in [0.2, 0.25) is 0 Å². The molecule has 3 aromatic rings. The number of rotatable bonds is 12. The molecule has 0 unspecified atom stereocenters. The van der Waals surface area contributed by atoms with Gasteiger partial charge in [-0.2, -0.15) is 5.10 Å². The number of aryl methyl sites for hydroxylation is 1. The highest BCUT2D eigenvalue weighted by atomic mass is 16.5. The van der Waals surface area contributed by atoms with Crippen molar-refractivity contribution in [1.29, 1.82) is 0 Å². The molecule has 180 valence electrons. The van der Waals surface area contributed by atoms with E-state index in [1.54, 1.807) is 32.4 Å². The molecule has 0 saturated heterocycles. The van der Waals surface area contributed by atoms with Crippen LogP contribution in [-0.4, -0.2) is 71.6 Å². The van der Waals surface area contributed by atoms with E-state index in [4.69, 9.17) is 14.6 Å². The van der Waals surface area contributed by atoms with Crippen molar-refractivity contribution in [2.24, 2.45) is 0 Å². The highest BCUT2D eigenvalue weighted by Gasteiger charge is 2.12. The second-order valence-corrected chi connectivity index (χ2v) is 7.27. The number of nitrogens with one attached hydrogen (secondary N) is 4. The van der Waals surface area contributed by atoms with Crippen LogP contribution in [0.2, 0.25) is 0 Å². The standard InChI is InChI=1S/C23H29N7O4/c1-15-10-22(30-29-15)28-21-14-19(23(32)25-7-6-24-8-9-31)26-20(27-21)5-4-16-11-17(33-2)13-18(12-16)34-3/h4-5,10-14,24,31H,6-9H2,1-3H3,(H,25,32)(H2,26,27,28,29,30)/b5-4+. The number of hydrogen-bond donors (Lipinski definition) is 5. The maximum absolute atomic E-state index is 12.7. The monoisotopic (exact) mass is 467 g/mol. The number of benzene rings is 1. The van der Waals surface area contributed by atoms with E-state index in [-0.39, 0.29) is 18.2 Å². The van der Waals surface area contributed by atoms with Crippen molar-refractivity contribution < 1.29 is 19.4 Å². The van der Waals surface area contributed by atoms with Crippen LogP contribution in [0.5, 0.6) is 11.5 Å². The zero-order valence-corrected chi connectivity index (χ0v) is 19.4. The third-order valence-electron chi connectivity index (χ3n) is 4.61. The number of carbonyl (C=O) groups excluding carboxylic acids is 1. The van der Waals surface area contributed by atoms with Gasteiger partial charge in [0.25, 0.3) is 5.91 Å². The van der Waals surface area contributed by atoms with E-state index < -0.39 is 0 Å². The van der Waals surface area contributed by atoms with Gasteiger partial charge < -0.3 is 30.5 Å². The molecule has 0 aliphatic carbocycles. The average molecular weight is 468 g/mol. The van der Waals surface area contributed by atoms with E-state index in [1.165, 1.54) is 0 Å². The molecule has 0 atom stereocenters. The largest absolute Gasteiger partial charge is 0.497 e. The van der Waals surface area contributed by atoms with Gasteiger partial charge in [0.1, 0.15) is 23.0 Å². The first-order valence-corrected chi connectivity index (χ1v) is 10.7. The van der Waals surface area contributed by atoms with Gasteiger partial charge in [-0.1, -0.05) is 6.08 Å². The fraction of sp³-hybridized carbons (Fsp3) is 0.304. The molecule has 5 N–H and O–H groups in total. The van der Waals surface area contributed by atoms with Crippen LogP contribution in [0.1, 0.15) is 27.6 Å². The SMILES string of the molecule is COc1cc(/C=C/c2nc(Nc3cc(C)[nH]n3)cc(C(=O)NCCNCCO)n2)cc(OC)c1. The molecule has 0 aliphatic heterocycles. The zero-order chi connectivity index (χ0) is 24.3. The summed E-state index contributed by atoms with van der Waals surface area (Å²) >= 11 is 0. The Bertz CT molecular complexity index is 1110. The molecule has 1 amide bonds. The second-order valence-electron chi connectivity index (χ2n) is 7.27. The second kappa shape index (κ2) is 12.3. The number of ether oxygens (including phenoxy) is 2. The lowest BCUT2D eigenvalue weighted by Crippen LogP contribution is -2.33. The summed E-state index contributed by atoms with van der Waals surface area (Å²) in [6.45, 7) is 3.30. The molecule has 0 fully saturated rings. The maximum Gasteiger partial charge on any atom is 0.270 e. The van der Waals surface area contributed by atoms with Gasteiger partial charge in [-0.25, -0.2) is 9.97 Å². The van der Waals surface area contributed by atoms with Gasteiger partial charge in [0, 0.05) is 43.5 Å². The minimum atomic E-state index is -0.341. The summed E-state index contributed by atoms with van der Waals surface area (Å²) in [7, 11) is 3.17. The topological polar surface area (TPSA) is 146 Å². The summed E-state index contributed by atoms with van der Waals surface area (Å²) in [5.41, 5.74) is 1.91. The molecule has 2 heterocycles. The van der Waals surface area contributed by atoms with E-state index in [1.807, 2.05) is 31.2 Å². The van der Waals surface area contributed by atoms with E-state index in [2.05, 4.69) is 36.1 Å². The number of aliphatic hydroxyl groups excluding tert-OH is 1. The lowest BCUT2D eigenvalue weighted by molar-refractivity contribution is 0.0948. The Labute approximate surface area is 197 Å². The first-order chi connectivity index (χ1) is 16.5. The van der Waals surface area contributed by atoms with Gasteiger partial charge in [0.15, 0.2) is 11.6 Å². The number of nitrogens with zero attached hydrogens (tertiary/aromatic N) is 3. The molecular weight excluding hydrogens is 438 g/mol. The molecule has 0 spiro atoms. The molecule has 11 nitrogen and oxygen atoms in total. The van der Waals surface area contributed by atoms with Crippen LogP contribution >= 0.6 is 0 Å². The Morgan fingerprint density at radius 2 is 1.76 bits per heavy atom. The number of methoxy groups -OCH3 is 2. The van der Waals surface area contributed by atoms with Gasteiger partial charge in [-0.05, 0) is 30.7 Å². The smallest absolute Gasteiger partial charge is 0.270 e. The van der Waals surface area contributed by atoms with E-state index >= 15 is 0 Å². The lowest BCUT2D eigenvalue weighted by Gasteiger charge is -2.09. The van der Waals surface area contributed by atoms with Crippen LogP contribution in [0.3, 0.4) is 0 Å². The first-order valence-electron chi connectivity index (χ1n) is 10.7. The Morgan fingerprint density at radius 1 is 1.00 bits per heavy atom. The predicted molar refractivity (Wildman–Crippen MR) is 129 cm³/mol. The third kappa shape index (κ3) is 7.29. The van der Waals surface area contributed by atoms with Crippen LogP contribution in [0.25, 0.3) is 12.2 Å². The molecule has 0 saturated carbocycles. The van der Waals surface area contributed by atoms with Crippen molar-refractivity contribution in [3.8, 4) is 11.5 Å². The number of anilines is 2. The minimum absolute atomic E-state index is 0.0381. The molecule has 34 heavy (non-hydrogen) atoms. The fourth-order valence-electron chi connectivity index (χ4n) is 2.99. The summed E-state index contributed by atoms with van der Waals surface area (Å²) in [4.78, 5) is 21.6. The third-order valence-corrected chi connectivity index (χ3v) is 4.61. The number of aliphatic hydroxyl groups is 1. The van der Waals surface area contributed by atoms with Crippen LogP contribution in [-0.2, 0) is 0 Å². The Hall–Kier alpha value is -3.96. The van der Waals surface area contributed by atoms with Crippen molar-refractivity contribution in [2.75, 3.05) is 45.8 Å². The molecule has 2 aromatic heterocycles. The van der Waals surface area contributed by atoms with E-state index in [0.29, 0.717) is 48.6 Å². The summed E-state index contributed by atoms with van der Waals surface area (Å²) in [6, 6.07) is 8.86. The van der Waals surface area contributed by atoms with Crippen LogP contribution < -0.4 is 25.4 Å². The number of aromatic nitrogens is 4. The molecule has 3 rings (SSSR count). The van der Waals surface area contributed by atoms with Crippen LogP contribution in [0.15, 0.2) is 30.3 Å². The van der Waals surface area contributed by atoms with Crippen LogP contribution in [0.4, 0.5) is 11.6 Å². The quantitative estimate of drug-likeness (QED) is 0.251. The number of aromatic amines is 1. The fourth-order valence-corrected chi connectivity index (χ4v) is 2.99. The van der Waals surface area contributed by atoms with Crippen molar-refractivity contribution in [2.45, 2.75) is 6.92 Å². The highest BCUT2D eigenvalue weighted by Crippen LogP contribution is 2.24. The highest BCUT2D eigenvalue weighted by molar-refractivity contribution is 5.93. The van der Waals surface area contributed by atoms with Crippen molar-refractivity contribution >= 4 is 29.7 Å². The molecule has 0 aliphatic rings. The predicted octanol–water partition coefficient (Wildman–Crippen LogP) is 1.75. The molecule has 1 aromatic carbocycles. The zero-order valence-electron chi connectivity index (χ0n) is 19.4. The lowest BCUT2D eigenvalue weighted by atomic mass is 10.2. The Balaban J connectivity index is 1.84. The van der Waals surface area contributed by atoms with Gasteiger partial charge in [-0.15, -0.1) is 0 Å². The minimum Gasteiger partial charge on any atom is -0.497 e. The summed E-state index contributed by atoms with van der Waals surface area (Å²) < 4.78 is 10.6. The Morgan fingerprint density at radius 3 is 2.41 bits per heavy atom. The van der Waals surface area contributed by atoms with Crippen molar-refractivity contribution in [3.63, 3.8) is 0 Å². The van der Waals surface area contributed by atoms with E-state index in [9.17, 15) is 4.79 Å². The number of amides is 1. The molecule has 11 heteroatoms. The molecule has 0 radical (unpaired) electrons. The van der Waals surface area contributed by atoms with Gasteiger partial charge >= 0.3 is 0 Å². The maximum atomic E-state index is 12.7.